The molecule has 1 heterocycles. The summed E-state index contributed by atoms with van der Waals surface area (Å²) in [5.41, 5.74) is 8.57. The quantitative estimate of drug-likeness (QED) is 0.330. The summed E-state index contributed by atoms with van der Waals surface area (Å²) in [6.07, 6.45) is -1.08. The van der Waals surface area contributed by atoms with Gasteiger partial charge in [-0.1, -0.05) is 19.0 Å². The molecule has 0 aromatic carbocycles. The van der Waals surface area contributed by atoms with E-state index in [1.54, 1.807) is 0 Å². The topological polar surface area (TPSA) is 108 Å². The second kappa shape index (κ2) is 6.24. The molecule has 0 N–H and O–H groups in total. The van der Waals surface area contributed by atoms with Crippen LogP contribution in [-0.2, 0) is 14.3 Å². The molecular formula is C11H16N4O3. The van der Waals surface area contributed by atoms with Crippen LogP contribution in [0.15, 0.2) is 5.11 Å². The van der Waals surface area contributed by atoms with E-state index in [2.05, 4.69) is 10.0 Å². The van der Waals surface area contributed by atoms with E-state index in [4.69, 9.17) is 20.3 Å². The zero-order chi connectivity index (χ0) is 13.7. The molecule has 5 atom stereocenters. The van der Waals surface area contributed by atoms with Crippen LogP contribution in [-0.4, -0.2) is 30.8 Å². The average Bonchev–Trinajstić information content (AvgIpc) is 2.33. The van der Waals surface area contributed by atoms with Crippen molar-refractivity contribution in [3.8, 4) is 6.07 Å². The highest BCUT2D eigenvalue weighted by molar-refractivity contribution is 5.65. The van der Waals surface area contributed by atoms with Crippen molar-refractivity contribution in [2.75, 3.05) is 6.61 Å². The highest BCUT2D eigenvalue weighted by Crippen LogP contribution is 2.32. The van der Waals surface area contributed by atoms with Crippen molar-refractivity contribution < 1.29 is 14.3 Å². The molecule has 18 heavy (non-hydrogen) atoms. The van der Waals surface area contributed by atoms with E-state index in [0.717, 1.165) is 0 Å². The Kier molecular flexibility index (Phi) is 4.95. The molecule has 2 unspecified atom stereocenters. The van der Waals surface area contributed by atoms with E-state index in [1.165, 1.54) is 6.92 Å². The lowest BCUT2D eigenvalue weighted by atomic mass is 9.81. The number of carbonyl (C=O) groups excluding carboxylic acids is 1. The minimum Gasteiger partial charge on any atom is -0.463 e. The van der Waals surface area contributed by atoms with Crippen molar-refractivity contribution in [2.24, 2.45) is 17.0 Å². The van der Waals surface area contributed by atoms with E-state index in [-0.39, 0.29) is 24.5 Å². The smallest absolute Gasteiger partial charge is 0.302 e. The highest BCUT2D eigenvalue weighted by atomic mass is 16.6. The number of azide groups is 1. The van der Waals surface area contributed by atoms with Gasteiger partial charge in [0.25, 0.3) is 0 Å². The van der Waals surface area contributed by atoms with Gasteiger partial charge < -0.3 is 9.47 Å². The van der Waals surface area contributed by atoms with Crippen molar-refractivity contribution in [1.82, 2.24) is 0 Å². The number of ether oxygens (including phenoxy) is 2. The zero-order valence-corrected chi connectivity index (χ0v) is 10.6. The zero-order valence-electron chi connectivity index (χ0n) is 10.6. The first-order valence-electron chi connectivity index (χ1n) is 5.74. The van der Waals surface area contributed by atoms with E-state index >= 15 is 0 Å². The maximum Gasteiger partial charge on any atom is 0.302 e. The normalized spacial score (nSPS) is 35.1. The van der Waals surface area contributed by atoms with Crippen LogP contribution in [0.3, 0.4) is 0 Å². The number of rotatable bonds is 3. The van der Waals surface area contributed by atoms with Gasteiger partial charge >= 0.3 is 5.97 Å². The Morgan fingerprint density at radius 3 is 2.72 bits per heavy atom. The van der Waals surface area contributed by atoms with Gasteiger partial charge in [-0.2, -0.15) is 5.26 Å². The van der Waals surface area contributed by atoms with Crippen molar-refractivity contribution in [3.63, 3.8) is 0 Å². The van der Waals surface area contributed by atoms with Crippen LogP contribution in [0, 0.1) is 23.2 Å². The van der Waals surface area contributed by atoms with Gasteiger partial charge in [0.2, 0.25) is 0 Å². The number of hydrogen-bond acceptors (Lipinski definition) is 5. The predicted molar refractivity (Wildman–Crippen MR) is 62.2 cm³/mol. The monoisotopic (exact) mass is 252 g/mol. The Balaban J connectivity index is 2.83. The third-order valence-corrected chi connectivity index (χ3v) is 3.23. The molecule has 0 saturated carbocycles. The van der Waals surface area contributed by atoms with Crippen LogP contribution in [0.5, 0.6) is 0 Å². The summed E-state index contributed by atoms with van der Waals surface area (Å²) in [5, 5.41) is 12.7. The molecule has 0 amide bonds. The molecule has 0 aliphatic carbocycles. The Morgan fingerprint density at radius 1 is 1.56 bits per heavy atom. The minimum atomic E-state index is -0.655. The van der Waals surface area contributed by atoms with Gasteiger partial charge in [-0.05, 0) is 11.4 Å². The van der Waals surface area contributed by atoms with Crippen LogP contribution in [0.4, 0.5) is 0 Å². The number of hydrogen-bond donors (Lipinski definition) is 0. The second-order valence-corrected chi connectivity index (χ2v) is 4.44. The molecule has 0 radical (unpaired) electrons. The molecular weight excluding hydrogens is 236 g/mol. The molecule has 98 valence electrons. The fraction of sp³-hybridized carbons (Fsp3) is 0.818. The fourth-order valence-electron chi connectivity index (χ4n) is 2.12. The summed E-state index contributed by atoms with van der Waals surface area (Å²) < 4.78 is 10.5. The molecule has 0 aromatic heterocycles. The Labute approximate surface area is 105 Å². The molecule has 1 fully saturated rings. The van der Waals surface area contributed by atoms with Crippen LogP contribution in [0.2, 0.25) is 0 Å². The van der Waals surface area contributed by atoms with Gasteiger partial charge in [0, 0.05) is 23.8 Å². The highest BCUT2D eigenvalue weighted by Gasteiger charge is 2.41. The van der Waals surface area contributed by atoms with Gasteiger partial charge in [-0.3, -0.25) is 4.79 Å². The number of nitrogens with zero attached hydrogens (tertiary/aromatic N) is 4. The Bertz CT molecular complexity index is 400. The number of nitriles is 1. The van der Waals surface area contributed by atoms with Crippen molar-refractivity contribution >= 4 is 5.97 Å². The van der Waals surface area contributed by atoms with Crippen LogP contribution >= 0.6 is 0 Å². The SMILES string of the molecule is CC(=O)OCC1O[C@@H](C#N)C(C)[C@@H](N=[N+]=[N-])[C@H]1C. The summed E-state index contributed by atoms with van der Waals surface area (Å²) in [7, 11) is 0. The predicted octanol–water partition coefficient (Wildman–Crippen LogP) is 1.79. The molecule has 0 spiro atoms. The largest absolute Gasteiger partial charge is 0.463 e. The second-order valence-electron chi connectivity index (χ2n) is 4.44. The maximum atomic E-state index is 10.8. The van der Waals surface area contributed by atoms with E-state index in [9.17, 15) is 4.79 Å². The van der Waals surface area contributed by atoms with E-state index in [1.807, 2.05) is 19.9 Å². The molecule has 0 bridgehead atoms. The molecule has 1 saturated heterocycles. The average molecular weight is 252 g/mol. The molecule has 1 aliphatic heterocycles. The van der Waals surface area contributed by atoms with E-state index < -0.39 is 18.2 Å². The summed E-state index contributed by atoms with van der Waals surface area (Å²) >= 11 is 0. The molecule has 1 rings (SSSR count). The molecule has 7 nitrogen and oxygen atoms in total. The molecule has 7 heteroatoms. The first-order chi connectivity index (χ1) is 8.51. The standard InChI is InChI=1S/C11H16N4O3/c1-6-9(4-12)18-10(5-17-8(3)16)7(2)11(6)14-15-13/h6-7,9-11H,5H2,1-3H3/t6?,7-,9-,10?,11+/m0/s1. The van der Waals surface area contributed by atoms with E-state index in [0.29, 0.717) is 0 Å². The number of carbonyl (C=O) groups is 1. The third-order valence-electron chi connectivity index (χ3n) is 3.23. The summed E-state index contributed by atoms with van der Waals surface area (Å²) in [6, 6.07) is 1.70. The first kappa shape index (κ1) is 14.3. The summed E-state index contributed by atoms with van der Waals surface area (Å²) in [6.45, 7) is 5.05. The van der Waals surface area contributed by atoms with Crippen LogP contribution < -0.4 is 0 Å². The first-order valence-corrected chi connectivity index (χ1v) is 5.74. The van der Waals surface area contributed by atoms with Gasteiger partial charge in [-0.25, -0.2) is 0 Å². The third kappa shape index (κ3) is 3.13. The van der Waals surface area contributed by atoms with Gasteiger partial charge in [0.05, 0.1) is 12.2 Å². The van der Waals surface area contributed by atoms with Gasteiger partial charge in [0.1, 0.15) is 12.7 Å². The van der Waals surface area contributed by atoms with Crippen molar-refractivity contribution in [1.29, 1.82) is 5.26 Å². The number of esters is 1. The lowest BCUT2D eigenvalue weighted by Crippen LogP contribution is -2.49. The molecule has 0 aromatic rings. The van der Waals surface area contributed by atoms with Crippen LogP contribution in [0.1, 0.15) is 20.8 Å². The summed E-state index contributed by atoms with van der Waals surface area (Å²) in [5.74, 6) is -0.701. The maximum absolute atomic E-state index is 10.8. The van der Waals surface area contributed by atoms with Gasteiger partial charge in [0.15, 0.2) is 0 Å². The minimum absolute atomic E-state index is 0.0683. The van der Waals surface area contributed by atoms with Crippen molar-refractivity contribution in [3.05, 3.63) is 10.4 Å². The fourth-order valence-corrected chi connectivity index (χ4v) is 2.12. The van der Waals surface area contributed by atoms with Gasteiger partial charge in [-0.15, -0.1) is 0 Å². The summed E-state index contributed by atoms with van der Waals surface area (Å²) in [4.78, 5) is 13.6. The lowest BCUT2D eigenvalue weighted by molar-refractivity contribution is -0.155. The Hall–Kier alpha value is -1.77. The lowest BCUT2D eigenvalue weighted by Gasteiger charge is -2.40. The van der Waals surface area contributed by atoms with Crippen molar-refractivity contribution in [2.45, 2.75) is 39.0 Å². The molecule has 1 aliphatic rings. The Morgan fingerprint density at radius 2 is 2.22 bits per heavy atom. The van der Waals surface area contributed by atoms with Crippen LogP contribution in [0.25, 0.3) is 10.4 Å².